The molecule has 0 amide bonds. The number of aryl methyl sites for hydroxylation is 2. The Bertz CT molecular complexity index is 1140. The van der Waals surface area contributed by atoms with Crippen LogP contribution in [0.1, 0.15) is 53.8 Å². The van der Waals surface area contributed by atoms with E-state index in [1.165, 1.54) is 18.4 Å². The van der Waals surface area contributed by atoms with Gasteiger partial charge in [-0.1, -0.05) is 49.7 Å². The predicted octanol–water partition coefficient (Wildman–Crippen LogP) is 6.02. The summed E-state index contributed by atoms with van der Waals surface area (Å²) in [5.74, 6) is -0.405. The molecule has 34 heavy (non-hydrogen) atoms. The molecular weight excluding hydrogens is 448 g/mol. The van der Waals surface area contributed by atoms with Crippen LogP contribution < -0.4 is 10.2 Å². The van der Waals surface area contributed by atoms with Crippen LogP contribution in [0.2, 0.25) is 0 Å². The first kappa shape index (κ1) is 24.0. The maximum Gasteiger partial charge on any atom is 0.304 e. The van der Waals surface area contributed by atoms with Crippen LogP contribution in [0, 0.1) is 6.92 Å². The number of aromatic nitrogens is 1. The first-order valence-corrected chi connectivity index (χ1v) is 12.4. The van der Waals surface area contributed by atoms with Gasteiger partial charge in [0.25, 0.3) is 0 Å². The van der Waals surface area contributed by atoms with Gasteiger partial charge in [0.1, 0.15) is 17.4 Å². The number of carbonyl (C=O) groups is 1. The Labute approximate surface area is 204 Å². The second-order valence-corrected chi connectivity index (χ2v) is 9.49. The van der Waals surface area contributed by atoms with Crippen LogP contribution in [0.4, 0.5) is 0 Å². The molecule has 7 heteroatoms. The molecule has 3 aromatic rings. The fraction of sp³-hybridized carbons (Fsp3) is 0.333. The minimum Gasteiger partial charge on any atom is -0.488 e. The highest BCUT2D eigenvalue weighted by atomic mass is 32.1. The molecule has 178 valence electrons. The minimum atomic E-state index is -0.855. The minimum absolute atomic E-state index is 0.00911. The van der Waals surface area contributed by atoms with Crippen LogP contribution in [0.5, 0.6) is 5.75 Å². The monoisotopic (exact) mass is 478 g/mol. The molecule has 1 aliphatic rings. The summed E-state index contributed by atoms with van der Waals surface area (Å²) in [4.78, 5) is 22.3. The molecule has 0 spiro atoms. The van der Waals surface area contributed by atoms with Crippen LogP contribution in [-0.4, -0.2) is 22.7 Å². The molecule has 1 atom stereocenters. The number of benzene rings is 2. The van der Waals surface area contributed by atoms with E-state index in [1.807, 2.05) is 37.3 Å². The normalized spacial score (nSPS) is 13.9. The summed E-state index contributed by atoms with van der Waals surface area (Å²) in [6.07, 6.45) is 5.39. The molecule has 4 rings (SSSR count). The third-order valence-corrected chi connectivity index (χ3v) is 7.08. The van der Waals surface area contributed by atoms with Gasteiger partial charge in [-0.25, -0.2) is 4.98 Å². The maximum absolute atomic E-state index is 11.3. The molecule has 1 aliphatic heterocycles. The van der Waals surface area contributed by atoms with E-state index in [4.69, 9.17) is 14.6 Å². The summed E-state index contributed by atoms with van der Waals surface area (Å²) in [7, 11) is 0. The molecule has 0 bridgehead atoms. The average Bonchev–Trinajstić information content (AvgIpc) is 3.51. The van der Waals surface area contributed by atoms with Gasteiger partial charge >= 0.3 is 5.97 Å². The number of rotatable bonds is 11. The van der Waals surface area contributed by atoms with Gasteiger partial charge in [0.15, 0.2) is 0 Å². The third-order valence-electron chi connectivity index (χ3n) is 5.90. The molecule has 0 radical (unpaired) electrons. The van der Waals surface area contributed by atoms with E-state index in [9.17, 15) is 9.90 Å². The van der Waals surface area contributed by atoms with Crippen molar-refractivity contribution in [3.05, 3.63) is 82.0 Å². The maximum atomic E-state index is 11.3. The number of hydroxylamine groups is 1. The molecule has 0 fully saturated rings. The van der Waals surface area contributed by atoms with Crippen molar-refractivity contribution in [3.63, 3.8) is 0 Å². The van der Waals surface area contributed by atoms with E-state index in [0.29, 0.717) is 13.2 Å². The molecule has 0 saturated carbocycles. The number of thiazole rings is 1. The second kappa shape index (κ2) is 11.3. The van der Waals surface area contributed by atoms with Crippen LogP contribution >= 0.6 is 11.3 Å². The standard InChI is InChI=1S/C27H30N2O4S/c1-3-4-5-19-6-8-21(9-7-19)27-28-18(2)25(34-27)17-32-22-12-10-20(11-13-22)23(16-26(30)31)24-14-15-33-29-24/h6-14,23,29H,3-5,15-17H2,1-2H3,(H,30,31). The zero-order chi connectivity index (χ0) is 23.9. The van der Waals surface area contributed by atoms with Gasteiger partial charge in [-0.15, -0.1) is 11.3 Å². The van der Waals surface area contributed by atoms with E-state index >= 15 is 0 Å². The number of nitrogens with zero attached hydrogens (tertiary/aromatic N) is 1. The summed E-state index contributed by atoms with van der Waals surface area (Å²) >= 11 is 1.66. The summed E-state index contributed by atoms with van der Waals surface area (Å²) in [5, 5.41) is 10.3. The number of carboxylic acid groups (broad SMARTS) is 1. The van der Waals surface area contributed by atoms with Crippen molar-refractivity contribution in [2.75, 3.05) is 6.61 Å². The van der Waals surface area contributed by atoms with E-state index in [2.05, 4.69) is 36.7 Å². The zero-order valence-corrected chi connectivity index (χ0v) is 20.4. The van der Waals surface area contributed by atoms with E-state index in [-0.39, 0.29) is 12.3 Å². The van der Waals surface area contributed by atoms with E-state index in [1.54, 1.807) is 11.3 Å². The van der Waals surface area contributed by atoms with Gasteiger partial charge in [0, 0.05) is 17.2 Å². The first-order valence-electron chi connectivity index (χ1n) is 11.6. The van der Waals surface area contributed by atoms with Gasteiger partial charge in [0.2, 0.25) is 0 Å². The van der Waals surface area contributed by atoms with Gasteiger partial charge < -0.3 is 9.84 Å². The Morgan fingerprint density at radius 3 is 2.62 bits per heavy atom. The van der Waals surface area contributed by atoms with Gasteiger partial charge in [0.05, 0.1) is 23.6 Å². The second-order valence-electron chi connectivity index (χ2n) is 8.41. The fourth-order valence-electron chi connectivity index (χ4n) is 3.92. The van der Waals surface area contributed by atoms with Crippen molar-refractivity contribution >= 4 is 17.3 Å². The largest absolute Gasteiger partial charge is 0.488 e. The summed E-state index contributed by atoms with van der Waals surface area (Å²) < 4.78 is 6.03. The SMILES string of the molecule is CCCCc1ccc(-c2nc(C)c(COc3ccc(C(CC(=O)O)C4=CCON4)cc3)s2)cc1. The Morgan fingerprint density at radius 2 is 1.97 bits per heavy atom. The van der Waals surface area contributed by atoms with Crippen molar-refractivity contribution in [2.45, 2.75) is 52.1 Å². The van der Waals surface area contributed by atoms with Crippen LogP contribution in [0.3, 0.4) is 0 Å². The molecule has 2 N–H and O–H groups in total. The topological polar surface area (TPSA) is 80.7 Å². The van der Waals surface area contributed by atoms with E-state index in [0.717, 1.165) is 44.6 Å². The number of carboxylic acids is 1. The highest BCUT2D eigenvalue weighted by Gasteiger charge is 2.22. The van der Waals surface area contributed by atoms with Crippen molar-refractivity contribution in [3.8, 4) is 16.3 Å². The molecular formula is C27H30N2O4S. The van der Waals surface area contributed by atoms with Gasteiger partial charge in [-0.05, 0) is 49.1 Å². The number of unbranched alkanes of at least 4 members (excludes halogenated alkanes) is 1. The number of hydrogen-bond donors (Lipinski definition) is 2. The van der Waals surface area contributed by atoms with Crippen molar-refractivity contribution in [1.82, 2.24) is 10.5 Å². The third kappa shape index (κ3) is 6.04. The smallest absolute Gasteiger partial charge is 0.304 e. The Kier molecular flexibility index (Phi) is 7.98. The molecule has 1 unspecified atom stereocenters. The molecule has 1 aromatic heterocycles. The number of ether oxygens (including phenoxy) is 1. The molecule has 2 heterocycles. The van der Waals surface area contributed by atoms with Crippen molar-refractivity contribution in [2.24, 2.45) is 0 Å². The Hall–Kier alpha value is -3.16. The lowest BCUT2D eigenvalue weighted by molar-refractivity contribution is -0.137. The van der Waals surface area contributed by atoms with Crippen molar-refractivity contribution < 1.29 is 19.5 Å². The summed E-state index contributed by atoms with van der Waals surface area (Å²) in [6.45, 7) is 5.10. The first-order chi connectivity index (χ1) is 16.5. The van der Waals surface area contributed by atoms with E-state index < -0.39 is 5.97 Å². The Balaban J connectivity index is 1.40. The fourth-order valence-corrected chi connectivity index (χ4v) is 4.90. The summed E-state index contributed by atoms with van der Waals surface area (Å²) in [5.41, 5.74) is 7.97. The van der Waals surface area contributed by atoms with Gasteiger partial charge in [-0.2, -0.15) is 0 Å². The molecule has 0 aliphatic carbocycles. The number of allylic oxidation sites excluding steroid dienone is 1. The van der Waals surface area contributed by atoms with Crippen LogP contribution in [-0.2, 0) is 22.7 Å². The van der Waals surface area contributed by atoms with Crippen LogP contribution in [0.25, 0.3) is 10.6 Å². The molecule has 2 aromatic carbocycles. The van der Waals surface area contributed by atoms with Gasteiger partial charge in [-0.3, -0.25) is 15.1 Å². The lowest BCUT2D eigenvalue weighted by Gasteiger charge is -2.17. The number of hydrogen-bond acceptors (Lipinski definition) is 6. The highest BCUT2D eigenvalue weighted by Crippen LogP contribution is 2.31. The molecule has 0 saturated heterocycles. The quantitative estimate of drug-likeness (QED) is 0.351. The highest BCUT2D eigenvalue weighted by molar-refractivity contribution is 7.15. The summed E-state index contributed by atoms with van der Waals surface area (Å²) in [6, 6.07) is 16.3. The number of aliphatic carboxylic acids is 1. The Morgan fingerprint density at radius 1 is 1.21 bits per heavy atom. The average molecular weight is 479 g/mol. The molecule has 6 nitrogen and oxygen atoms in total. The zero-order valence-electron chi connectivity index (χ0n) is 19.5. The lowest BCUT2D eigenvalue weighted by Crippen LogP contribution is -2.17. The lowest BCUT2D eigenvalue weighted by atomic mass is 9.92. The predicted molar refractivity (Wildman–Crippen MR) is 134 cm³/mol. The van der Waals surface area contributed by atoms with Crippen LogP contribution in [0.15, 0.2) is 60.3 Å². The number of nitrogens with one attached hydrogen (secondary N) is 1. The van der Waals surface area contributed by atoms with Crippen molar-refractivity contribution in [1.29, 1.82) is 0 Å².